The van der Waals surface area contributed by atoms with Gasteiger partial charge in [-0.05, 0) is 34.4 Å². The second-order valence-electron chi connectivity index (χ2n) is 5.46. The molecule has 0 aliphatic carbocycles. The Morgan fingerprint density at radius 3 is 1.64 bits per heavy atom. The van der Waals surface area contributed by atoms with Crippen molar-refractivity contribution in [1.82, 2.24) is 0 Å². The Labute approximate surface area is 146 Å². The van der Waals surface area contributed by atoms with Crippen LogP contribution < -0.4 is 0 Å². The highest BCUT2D eigenvalue weighted by atomic mass is 16.3. The van der Waals surface area contributed by atoms with Gasteiger partial charge in [-0.2, -0.15) is 10.5 Å². The normalized spacial score (nSPS) is 9.68. The van der Waals surface area contributed by atoms with Crippen LogP contribution in [-0.2, 0) is 0 Å². The average molecular weight is 322 g/mol. The van der Waals surface area contributed by atoms with Crippen LogP contribution in [0.1, 0.15) is 11.1 Å². The van der Waals surface area contributed by atoms with Gasteiger partial charge in [-0.1, -0.05) is 66.7 Å². The summed E-state index contributed by atoms with van der Waals surface area (Å²) in [4.78, 5) is 0. The fraction of sp³-hybridized carbons (Fsp3) is 0. The molecule has 3 rings (SSSR count). The van der Waals surface area contributed by atoms with Crippen LogP contribution in [-0.4, -0.2) is 5.11 Å². The van der Waals surface area contributed by atoms with Crippen LogP contribution >= 0.6 is 0 Å². The molecule has 0 radical (unpaired) electrons. The van der Waals surface area contributed by atoms with Crippen LogP contribution in [0.4, 0.5) is 0 Å². The van der Waals surface area contributed by atoms with Crippen LogP contribution in [0.5, 0.6) is 5.75 Å². The molecule has 3 aromatic rings. The number of phenols is 1. The number of nitriles is 2. The highest BCUT2D eigenvalue weighted by Crippen LogP contribution is 2.30. The fourth-order valence-corrected chi connectivity index (χ4v) is 2.68. The summed E-state index contributed by atoms with van der Waals surface area (Å²) in [5, 5.41) is 28.1. The van der Waals surface area contributed by atoms with Crippen LogP contribution in [0.15, 0.2) is 84.4 Å². The number of benzene rings is 3. The van der Waals surface area contributed by atoms with Crippen molar-refractivity contribution in [3.63, 3.8) is 0 Å². The van der Waals surface area contributed by atoms with E-state index in [0.29, 0.717) is 11.1 Å². The molecule has 118 valence electrons. The van der Waals surface area contributed by atoms with Gasteiger partial charge in [0.2, 0.25) is 0 Å². The summed E-state index contributed by atoms with van der Waals surface area (Å²) in [6, 6.07) is 28.1. The minimum absolute atomic E-state index is 0.0400. The monoisotopic (exact) mass is 322 g/mol. The average Bonchev–Trinajstić information content (AvgIpc) is 2.68. The van der Waals surface area contributed by atoms with Gasteiger partial charge < -0.3 is 5.11 Å². The van der Waals surface area contributed by atoms with Gasteiger partial charge in [0.25, 0.3) is 0 Å². The molecule has 0 saturated carbocycles. The lowest BCUT2D eigenvalue weighted by Crippen LogP contribution is -1.92. The molecule has 0 atom stereocenters. The van der Waals surface area contributed by atoms with Crippen LogP contribution in [0.25, 0.3) is 16.7 Å². The van der Waals surface area contributed by atoms with Crippen molar-refractivity contribution in [2.45, 2.75) is 0 Å². The van der Waals surface area contributed by atoms with E-state index < -0.39 is 0 Å². The highest BCUT2D eigenvalue weighted by molar-refractivity contribution is 5.87. The van der Waals surface area contributed by atoms with Crippen molar-refractivity contribution in [3.8, 4) is 29.0 Å². The maximum atomic E-state index is 9.48. The lowest BCUT2D eigenvalue weighted by Gasteiger charge is -2.10. The van der Waals surface area contributed by atoms with Gasteiger partial charge in [0, 0.05) is 5.57 Å². The maximum absolute atomic E-state index is 9.48. The summed E-state index contributed by atoms with van der Waals surface area (Å²) in [5.41, 5.74) is 4.25. The molecule has 0 aromatic heterocycles. The molecule has 0 saturated heterocycles. The first-order chi connectivity index (χ1) is 12.2. The standard InChI is InChI=1S/C22H14N2O/c23-14-20(15-24)22(19-10-12-21(25)13-11-19)18-8-6-17(7-9-18)16-4-2-1-3-5-16/h1-13,25H. The predicted octanol–water partition coefficient (Wildman–Crippen LogP) is 4.91. The maximum Gasteiger partial charge on any atom is 0.138 e. The minimum Gasteiger partial charge on any atom is -0.508 e. The van der Waals surface area contributed by atoms with Gasteiger partial charge in [0.15, 0.2) is 0 Å². The quantitative estimate of drug-likeness (QED) is 0.697. The molecule has 0 spiro atoms. The summed E-state index contributed by atoms with van der Waals surface area (Å²) >= 11 is 0. The Balaban J connectivity index is 2.09. The molecule has 1 N–H and O–H groups in total. The Morgan fingerprint density at radius 2 is 1.12 bits per heavy atom. The first-order valence-electron chi connectivity index (χ1n) is 7.72. The molecule has 0 fully saturated rings. The molecule has 0 aliphatic rings. The lowest BCUT2D eigenvalue weighted by atomic mass is 9.92. The van der Waals surface area contributed by atoms with E-state index in [1.54, 1.807) is 24.3 Å². The van der Waals surface area contributed by atoms with E-state index in [4.69, 9.17) is 0 Å². The third-order valence-corrected chi connectivity index (χ3v) is 3.91. The number of hydrogen-bond acceptors (Lipinski definition) is 3. The summed E-state index contributed by atoms with van der Waals surface area (Å²) in [6.07, 6.45) is 0. The Bertz CT molecular complexity index is 971. The molecule has 3 heteroatoms. The van der Waals surface area contributed by atoms with Gasteiger partial charge in [0.05, 0.1) is 0 Å². The first-order valence-corrected chi connectivity index (χ1v) is 7.72. The molecule has 3 nitrogen and oxygen atoms in total. The van der Waals surface area contributed by atoms with E-state index in [2.05, 4.69) is 0 Å². The molecule has 0 bridgehead atoms. The number of allylic oxidation sites excluding steroid dienone is 1. The molecule has 25 heavy (non-hydrogen) atoms. The lowest BCUT2D eigenvalue weighted by molar-refractivity contribution is 0.475. The van der Waals surface area contributed by atoms with Crippen LogP contribution in [0.3, 0.4) is 0 Å². The molecule has 3 aromatic carbocycles. The Hall–Kier alpha value is -3.82. The van der Waals surface area contributed by atoms with E-state index in [9.17, 15) is 15.6 Å². The zero-order chi connectivity index (χ0) is 17.6. The Morgan fingerprint density at radius 1 is 0.640 bits per heavy atom. The molecular formula is C22H14N2O. The van der Waals surface area contributed by atoms with E-state index in [1.807, 2.05) is 66.7 Å². The van der Waals surface area contributed by atoms with Crippen molar-refractivity contribution >= 4 is 5.57 Å². The number of hydrogen-bond donors (Lipinski definition) is 1. The molecule has 0 unspecified atom stereocenters. The van der Waals surface area contributed by atoms with Crippen molar-refractivity contribution in [2.24, 2.45) is 0 Å². The summed E-state index contributed by atoms with van der Waals surface area (Å²) < 4.78 is 0. The van der Waals surface area contributed by atoms with Crippen molar-refractivity contribution < 1.29 is 5.11 Å². The third kappa shape index (κ3) is 3.42. The Kier molecular flexibility index (Phi) is 4.60. The van der Waals surface area contributed by atoms with E-state index in [0.717, 1.165) is 16.7 Å². The molecule has 0 amide bonds. The number of aromatic hydroxyl groups is 1. The van der Waals surface area contributed by atoms with Crippen LogP contribution in [0.2, 0.25) is 0 Å². The number of nitrogens with zero attached hydrogens (tertiary/aromatic N) is 2. The zero-order valence-electron chi connectivity index (χ0n) is 13.3. The molecular weight excluding hydrogens is 308 g/mol. The third-order valence-electron chi connectivity index (χ3n) is 3.91. The van der Waals surface area contributed by atoms with Gasteiger partial charge >= 0.3 is 0 Å². The second-order valence-corrected chi connectivity index (χ2v) is 5.46. The summed E-state index contributed by atoms with van der Waals surface area (Å²) in [7, 11) is 0. The highest BCUT2D eigenvalue weighted by Gasteiger charge is 2.12. The SMILES string of the molecule is N#CC(C#N)=C(c1ccc(O)cc1)c1ccc(-c2ccccc2)cc1. The van der Waals surface area contributed by atoms with Crippen molar-refractivity contribution in [1.29, 1.82) is 10.5 Å². The second kappa shape index (κ2) is 7.17. The molecule has 0 heterocycles. The van der Waals surface area contributed by atoms with Crippen LogP contribution in [0, 0.1) is 22.7 Å². The topological polar surface area (TPSA) is 67.8 Å². The van der Waals surface area contributed by atoms with E-state index in [-0.39, 0.29) is 11.3 Å². The van der Waals surface area contributed by atoms with E-state index >= 15 is 0 Å². The fourth-order valence-electron chi connectivity index (χ4n) is 2.68. The van der Waals surface area contributed by atoms with Gasteiger partial charge in [0.1, 0.15) is 23.5 Å². The summed E-state index contributed by atoms with van der Waals surface area (Å²) in [5.74, 6) is 0.137. The van der Waals surface area contributed by atoms with Crippen molar-refractivity contribution in [3.05, 3.63) is 95.6 Å². The predicted molar refractivity (Wildman–Crippen MR) is 97.2 cm³/mol. The van der Waals surface area contributed by atoms with E-state index in [1.165, 1.54) is 0 Å². The largest absolute Gasteiger partial charge is 0.508 e. The first kappa shape index (κ1) is 16.1. The summed E-state index contributed by atoms with van der Waals surface area (Å²) in [6.45, 7) is 0. The number of phenolic OH excluding ortho intramolecular Hbond substituents is 1. The van der Waals surface area contributed by atoms with Gasteiger partial charge in [-0.3, -0.25) is 0 Å². The molecule has 0 aliphatic heterocycles. The minimum atomic E-state index is 0.0400. The number of rotatable bonds is 3. The van der Waals surface area contributed by atoms with Gasteiger partial charge in [-0.25, -0.2) is 0 Å². The zero-order valence-corrected chi connectivity index (χ0v) is 13.3. The van der Waals surface area contributed by atoms with Crippen molar-refractivity contribution in [2.75, 3.05) is 0 Å². The van der Waals surface area contributed by atoms with Gasteiger partial charge in [-0.15, -0.1) is 0 Å². The smallest absolute Gasteiger partial charge is 0.138 e.